The molecule has 3 nitrogen and oxygen atoms in total. The molecule has 2 atom stereocenters. The van der Waals surface area contributed by atoms with Crippen molar-refractivity contribution in [1.82, 2.24) is 0 Å². The van der Waals surface area contributed by atoms with Crippen molar-refractivity contribution in [3.05, 3.63) is 28.2 Å². The third-order valence-corrected chi connectivity index (χ3v) is 3.62. The molecule has 86 valence electrons. The average Bonchev–Trinajstić information content (AvgIpc) is 3.00. The summed E-state index contributed by atoms with van der Waals surface area (Å²) in [7, 11) is 1.96. The molecule has 1 aromatic carbocycles. The molecule has 1 N–H and O–H groups in total. The van der Waals surface area contributed by atoms with Crippen LogP contribution in [0.3, 0.4) is 0 Å². The van der Waals surface area contributed by atoms with Crippen molar-refractivity contribution in [3.8, 4) is 0 Å². The zero-order valence-corrected chi connectivity index (χ0v) is 10.9. The van der Waals surface area contributed by atoms with Crippen molar-refractivity contribution in [1.29, 1.82) is 0 Å². The summed E-state index contributed by atoms with van der Waals surface area (Å²) in [5.41, 5.74) is 2.27. The fourth-order valence-electron chi connectivity index (χ4n) is 2.02. The minimum absolute atomic E-state index is 0.144. The molecule has 0 spiro atoms. The van der Waals surface area contributed by atoms with Gasteiger partial charge in [0, 0.05) is 23.2 Å². The summed E-state index contributed by atoms with van der Waals surface area (Å²) in [6, 6.07) is 6.21. The molecule has 0 aliphatic heterocycles. The van der Waals surface area contributed by atoms with E-state index in [-0.39, 0.29) is 12.0 Å². The lowest BCUT2D eigenvalue weighted by Crippen LogP contribution is -2.24. The number of carbonyl (C=O) groups is 1. The molecule has 0 heterocycles. The maximum absolute atomic E-state index is 10.8. The first kappa shape index (κ1) is 11.5. The summed E-state index contributed by atoms with van der Waals surface area (Å²) in [5.74, 6) is -0.895. The quantitative estimate of drug-likeness (QED) is 0.927. The number of aryl methyl sites for hydroxylation is 1. The molecule has 0 radical (unpaired) electrons. The van der Waals surface area contributed by atoms with Crippen molar-refractivity contribution in [3.63, 3.8) is 0 Å². The Kier molecular flexibility index (Phi) is 2.93. The SMILES string of the molecule is Cc1ccc(Br)cc1N(C)C1CC1C(=O)O. The molecule has 1 aromatic rings. The third kappa shape index (κ3) is 2.07. The maximum Gasteiger partial charge on any atom is 0.308 e. The van der Waals surface area contributed by atoms with Crippen molar-refractivity contribution in [2.75, 3.05) is 11.9 Å². The van der Waals surface area contributed by atoms with E-state index in [9.17, 15) is 4.79 Å². The number of carboxylic acid groups (broad SMARTS) is 1. The summed E-state index contributed by atoms with van der Waals surface area (Å²) < 4.78 is 1.02. The van der Waals surface area contributed by atoms with Gasteiger partial charge in [-0.1, -0.05) is 22.0 Å². The highest BCUT2D eigenvalue weighted by Crippen LogP contribution is 2.39. The van der Waals surface area contributed by atoms with Gasteiger partial charge in [-0.2, -0.15) is 0 Å². The highest BCUT2D eigenvalue weighted by molar-refractivity contribution is 9.10. The van der Waals surface area contributed by atoms with E-state index >= 15 is 0 Å². The van der Waals surface area contributed by atoms with Crippen molar-refractivity contribution < 1.29 is 9.90 Å². The van der Waals surface area contributed by atoms with Crippen LogP contribution in [0.1, 0.15) is 12.0 Å². The largest absolute Gasteiger partial charge is 0.481 e. The number of anilines is 1. The van der Waals surface area contributed by atoms with Crippen LogP contribution in [0.25, 0.3) is 0 Å². The van der Waals surface area contributed by atoms with Gasteiger partial charge in [-0.3, -0.25) is 4.79 Å². The van der Waals surface area contributed by atoms with Gasteiger partial charge >= 0.3 is 5.97 Å². The molecule has 2 rings (SSSR count). The van der Waals surface area contributed by atoms with Crippen molar-refractivity contribution in [2.45, 2.75) is 19.4 Å². The fourth-order valence-corrected chi connectivity index (χ4v) is 2.37. The topological polar surface area (TPSA) is 40.5 Å². The molecule has 2 unspecified atom stereocenters. The number of carboxylic acids is 1. The molecule has 1 aliphatic carbocycles. The van der Waals surface area contributed by atoms with Crippen LogP contribution < -0.4 is 4.90 Å². The van der Waals surface area contributed by atoms with Gasteiger partial charge in [0.1, 0.15) is 0 Å². The van der Waals surface area contributed by atoms with Crippen molar-refractivity contribution >= 4 is 27.6 Å². The summed E-state index contributed by atoms with van der Waals surface area (Å²) in [6.45, 7) is 2.04. The minimum Gasteiger partial charge on any atom is -0.481 e. The molecule has 4 heteroatoms. The van der Waals surface area contributed by atoms with Gasteiger partial charge in [-0.05, 0) is 31.0 Å². The number of nitrogens with zero attached hydrogens (tertiary/aromatic N) is 1. The second-order valence-corrected chi connectivity index (χ2v) is 5.21. The number of hydrogen-bond donors (Lipinski definition) is 1. The second kappa shape index (κ2) is 4.09. The summed E-state index contributed by atoms with van der Waals surface area (Å²) in [6.07, 6.45) is 0.748. The van der Waals surface area contributed by atoms with E-state index in [2.05, 4.69) is 20.8 Å². The number of rotatable bonds is 3. The lowest BCUT2D eigenvalue weighted by Gasteiger charge is -2.21. The molecular weight excluding hydrogens is 270 g/mol. The van der Waals surface area contributed by atoms with E-state index < -0.39 is 5.97 Å². The van der Waals surface area contributed by atoms with Gasteiger partial charge in [0.15, 0.2) is 0 Å². The average molecular weight is 284 g/mol. The van der Waals surface area contributed by atoms with E-state index in [0.29, 0.717) is 0 Å². The van der Waals surface area contributed by atoms with Gasteiger partial charge in [-0.15, -0.1) is 0 Å². The first-order valence-electron chi connectivity index (χ1n) is 5.22. The minimum atomic E-state index is -0.690. The Bertz CT molecular complexity index is 433. The van der Waals surface area contributed by atoms with Crippen LogP contribution in [-0.4, -0.2) is 24.2 Å². The Morgan fingerprint density at radius 1 is 1.56 bits per heavy atom. The number of aliphatic carboxylic acids is 1. The van der Waals surface area contributed by atoms with Crippen LogP contribution >= 0.6 is 15.9 Å². The summed E-state index contributed by atoms with van der Waals surface area (Å²) in [5, 5.41) is 8.91. The molecule has 0 amide bonds. The van der Waals surface area contributed by atoms with E-state index in [0.717, 1.165) is 16.6 Å². The predicted molar refractivity (Wildman–Crippen MR) is 66.8 cm³/mol. The van der Waals surface area contributed by atoms with Crippen LogP contribution in [0, 0.1) is 12.8 Å². The first-order chi connectivity index (χ1) is 7.50. The van der Waals surface area contributed by atoms with E-state index in [1.807, 2.05) is 32.2 Å². The molecule has 0 saturated heterocycles. The van der Waals surface area contributed by atoms with Crippen LogP contribution in [-0.2, 0) is 4.79 Å². The van der Waals surface area contributed by atoms with Gasteiger partial charge in [0.05, 0.1) is 5.92 Å². The van der Waals surface area contributed by atoms with Crippen LogP contribution in [0.5, 0.6) is 0 Å². The molecule has 1 fully saturated rings. The maximum atomic E-state index is 10.8. The monoisotopic (exact) mass is 283 g/mol. The van der Waals surface area contributed by atoms with Gasteiger partial charge < -0.3 is 10.0 Å². The van der Waals surface area contributed by atoms with Gasteiger partial charge in [-0.25, -0.2) is 0 Å². The normalized spacial score (nSPS) is 22.9. The number of halogens is 1. The lowest BCUT2D eigenvalue weighted by molar-refractivity contribution is -0.138. The Balaban J connectivity index is 2.19. The molecule has 0 bridgehead atoms. The molecule has 1 saturated carbocycles. The van der Waals surface area contributed by atoms with Gasteiger partial charge in [0.25, 0.3) is 0 Å². The lowest BCUT2D eigenvalue weighted by atomic mass is 10.2. The second-order valence-electron chi connectivity index (χ2n) is 4.29. The Morgan fingerprint density at radius 3 is 2.81 bits per heavy atom. The first-order valence-corrected chi connectivity index (χ1v) is 6.02. The number of hydrogen-bond acceptors (Lipinski definition) is 2. The van der Waals surface area contributed by atoms with E-state index in [4.69, 9.17) is 5.11 Å². The summed E-state index contributed by atoms with van der Waals surface area (Å²) in [4.78, 5) is 12.9. The zero-order valence-electron chi connectivity index (χ0n) is 9.27. The van der Waals surface area contributed by atoms with Crippen LogP contribution in [0.15, 0.2) is 22.7 Å². The standard InChI is InChI=1S/C12H14BrNO2/c1-7-3-4-8(13)5-10(7)14(2)11-6-9(11)12(15)16/h3-5,9,11H,6H2,1-2H3,(H,15,16). The van der Waals surface area contributed by atoms with Crippen molar-refractivity contribution in [2.24, 2.45) is 5.92 Å². The Labute approximate surface area is 103 Å². The molecule has 1 aliphatic rings. The Morgan fingerprint density at radius 2 is 2.25 bits per heavy atom. The van der Waals surface area contributed by atoms with Crippen LogP contribution in [0.2, 0.25) is 0 Å². The fraction of sp³-hybridized carbons (Fsp3) is 0.417. The summed E-state index contributed by atoms with van der Waals surface area (Å²) >= 11 is 3.44. The number of benzene rings is 1. The highest BCUT2D eigenvalue weighted by atomic mass is 79.9. The highest BCUT2D eigenvalue weighted by Gasteiger charge is 2.46. The third-order valence-electron chi connectivity index (χ3n) is 3.12. The zero-order chi connectivity index (χ0) is 11.9. The smallest absolute Gasteiger partial charge is 0.308 e. The van der Waals surface area contributed by atoms with E-state index in [1.54, 1.807) is 0 Å². The molecule has 0 aromatic heterocycles. The van der Waals surface area contributed by atoms with Gasteiger partial charge in [0.2, 0.25) is 0 Å². The molecule has 16 heavy (non-hydrogen) atoms. The Hall–Kier alpha value is -1.03. The molecular formula is C12H14BrNO2. The van der Waals surface area contributed by atoms with Crippen LogP contribution in [0.4, 0.5) is 5.69 Å². The van der Waals surface area contributed by atoms with E-state index in [1.165, 1.54) is 5.56 Å². The predicted octanol–water partition coefficient (Wildman–Crippen LogP) is 2.67.